The van der Waals surface area contributed by atoms with Gasteiger partial charge in [0.25, 0.3) is 0 Å². The molecule has 0 radical (unpaired) electrons. The number of benzene rings is 2. The summed E-state index contributed by atoms with van der Waals surface area (Å²) >= 11 is 6.37. The predicted octanol–water partition coefficient (Wildman–Crippen LogP) is 4.40. The second-order valence-corrected chi connectivity index (χ2v) is 8.43. The minimum atomic E-state index is -0.925. The summed E-state index contributed by atoms with van der Waals surface area (Å²) in [6.45, 7) is 0. The fraction of sp³-hybridized carbons (Fsp3) is 0.261. The van der Waals surface area contributed by atoms with Gasteiger partial charge in [-0.05, 0) is 24.6 Å². The van der Waals surface area contributed by atoms with Crippen LogP contribution in [0.25, 0.3) is 22.3 Å². The summed E-state index contributed by atoms with van der Waals surface area (Å²) in [7, 11) is 0. The van der Waals surface area contributed by atoms with E-state index in [2.05, 4.69) is 20.2 Å². The van der Waals surface area contributed by atoms with Gasteiger partial charge in [-0.25, -0.2) is 8.78 Å². The Morgan fingerprint density at radius 3 is 2.50 bits per heavy atom. The van der Waals surface area contributed by atoms with Crippen molar-refractivity contribution in [1.82, 2.24) is 20.2 Å². The van der Waals surface area contributed by atoms with E-state index in [4.69, 9.17) is 21.1 Å². The van der Waals surface area contributed by atoms with E-state index in [1.54, 1.807) is 24.3 Å². The Bertz CT molecular complexity index is 1340. The summed E-state index contributed by atoms with van der Waals surface area (Å²) in [6.07, 6.45) is -1.20. The van der Waals surface area contributed by atoms with Gasteiger partial charge in [0.15, 0.2) is 17.2 Å². The highest BCUT2D eigenvalue weighted by atomic mass is 35.5. The van der Waals surface area contributed by atoms with E-state index in [-0.39, 0.29) is 42.5 Å². The first kappa shape index (κ1) is 22.5. The number of hydrogen-bond donors (Lipinski definition) is 3. The third kappa shape index (κ3) is 4.52. The van der Waals surface area contributed by atoms with E-state index >= 15 is 0 Å². The molecular formula is C23H19ClF2N4O4. The number of rotatable bonds is 5. The fourth-order valence-electron chi connectivity index (χ4n) is 3.98. The van der Waals surface area contributed by atoms with E-state index in [1.165, 1.54) is 0 Å². The second kappa shape index (κ2) is 9.13. The highest BCUT2D eigenvalue weighted by Crippen LogP contribution is 2.38. The van der Waals surface area contributed by atoms with Gasteiger partial charge < -0.3 is 19.7 Å². The number of aliphatic hydroxyl groups excluding tert-OH is 2. The van der Waals surface area contributed by atoms with Crippen molar-refractivity contribution in [2.24, 2.45) is 0 Å². The lowest BCUT2D eigenvalue weighted by Gasteiger charge is -2.29. The molecule has 0 bridgehead atoms. The zero-order valence-corrected chi connectivity index (χ0v) is 18.3. The van der Waals surface area contributed by atoms with Gasteiger partial charge in [-0.3, -0.25) is 5.10 Å². The van der Waals surface area contributed by atoms with Crippen LogP contribution >= 0.6 is 11.6 Å². The van der Waals surface area contributed by atoms with Crippen molar-refractivity contribution in [2.75, 3.05) is 0 Å². The molecule has 0 saturated heterocycles. The Hall–Kier alpha value is -3.34. The number of aromatic nitrogens is 4. The maximum Gasteiger partial charge on any atom is 0.327 e. The number of ether oxygens (including phenoxy) is 2. The number of aromatic amines is 1. The zero-order valence-electron chi connectivity index (χ0n) is 17.6. The van der Waals surface area contributed by atoms with E-state index in [1.807, 2.05) is 0 Å². The van der Waals surface area contributed by atoms with Crippen LogP contribution in [-0.2, 0) is 0 Å². The molecule has 4 aromatic rings. The number of fused-ring (bicyclic) bond motifs is 1. The maximum atomic E-state index is 14.1. The van der Waals surface area contributed by atoms with E-state index in [9.17, 15) is 19.0 Å². The molecule has 2 atom stereocenters. The topological polar surface area (TPSA) is 113 Å². The highest BCUT2D eigenvalue weighted by Gasteiger charge is 2.30. The van der Waals surface area contributed by atoms with Crippen LogP contribution in [0.5, 0.6) is 17.6 Å². The number of hydrogen-bond acceptors (Lipinski definition) is 7. The molecule has 1 aliphatic rings. The monoisotopic (exact) mass is 488 g/mol. The standard InChI is InChI=1S/C23H19ClF2N4O4/c24-16-4-2-1-3-15(16)20-19-21(30-29-20)27-23(34-18-6-5-11(25)7-17(18)26)28-22(19)33-14-9-12(31)8-13(32)10-14/h1-7,12-14,31-32H,8-10H2,(H,27,28,29,30)/t12-,13-/m0/s1. The molecule has 176 valence electrons. The Morgan fingerprint density at radius 2 is 1.76 bits per heavy atom. The Morgan fingerprint density at radius 1 is 1.00 bits per heavy atom. The average molecular weight is 489 g/mol. The maximum absolute atomic E-state index is 14.1. The van der Waals surface area contributed by atoms with Crippen molar-refractivity contribution >= 4 is 22.6 Å². The normalized spacial score (nSPS) is 20.4. The van der Waals surface area contributed by atoms with Gasteiger partial charge in [0, 0.05) is 24.5 Å². The van der Waals surface area contributed by atoms with Crippen LogP contribution in [0, 0.1) is 11.6 Å². The zero-order chi connectivity index (χ0) is 23.8. The molecule has 2 heterocycles. The largest absolute Gasteiger partial charge is 0.473 e. The minimum absolute atomic E-state index is 0.0532. The first-order valence-electron chi connectivity index (χ1n) is 10.5. The van der Waals surface area contributed by atoms with Crippen LogP contribution in [0.1, 0.15) is 19.3 Å². The second-order valence-electron chi connectivity index (χ2n) is 8.02. The quantitative estimate of drug-likeness (QED) is 0.381. The molecule has 34 heavy (non-hydrogen) atoms. The molecule has 0 unspecified atom stereocenters. The highest BCUT2D eigenvalue weighted by molar-refractivity contribution is 6.33. The number of nitrogens with zero attached hydrogens (tertiary/aromatic N) is 3. The average Bonchev–Trinajstić information content (AvgIpc) is 3.19. The lowest BCUT2D eigenvalue weighted by atomic mass is 9.92. The molecule has 2 aromatic carbocycles. The number of halogens is 3. The minimum Gasteiger partial charge on any atom is -0.473 e. The van der Waals surface area contributed by atoms with Gasteiger partial charge in [0.1, 0.15) is 23.0 Å². The molecule has 8 nitrogen and oxygen atoms in total. The predicted molar refractivity (Wildman–Crippen MR) is 119 cm³/mol. The summed E-state index contributed by atoms with van der Waals surface area (Å²) in [5.41, 5.74) is 1.26. The van der Waals surface area contributed by atoms with E-state index < -0.39 is 29.9 Å². The third-order valence-electron chi connectivity index (χ3n) is 5.48. The van der Waals surface area contributed by atoms with Crippen molar-refractivity contribution in [3.63, 3.8) is 0 Å². The van der Waals surface area contributed by atoms with Crippen molar-refractivity contribution in [3.8, 4) is 28.9 Å². The first-order valence-corrected chi connectivity index (χ1v) is 10.9. The SMILES string of the molecule is O[C@@H]1CC(Oc2nc(Oc3ccc(F)cc3F)nc3[nH]nc(-c4ccccc4Cl)c23)C[C@@H](O)C1. The molecule has 0 spiro atoms. The number of H-pyrrole nitrogens is 1. The molecule has 11 heteroatoms. The lowest BCUT2D eigenvalue weighted by Crippen LogP contribution is -2.36. The molecule has 2 aromatic heterocycles. The van der Waals surface area contributed by atoms with Crippen molar-refractivity contribution in [1.29, 1.82) is 0 Å². The lowest BCUT2D eigenvalue weighted by molar-refractivity contribution is -0.0164. The Kier molecular flexibility index (Phi) is 6.03. The summed E-state index contributed by atoms with van der Waals surface area (Å²) in [6, 6.07) is 9.64. The summed E-state index contributed by atoms with van der Waals surface area (Å²) in [5, 5.41) is 28.1. The smallest absolute Gasteiger partial charge is 0.327 e. The summed E-state index contributed by atoms with van der Waals surface area (Å²) < 4.78 is 39.0. The van der Waals surface area contributed by atoms with Gasteiger partial charge >= 0.3 is 6.01 Å². The fourth-order valence-corrected chi connectivity index (χ4v) is 4.20. The van der Waals surface area contributed by atoms with Gasteiger partial charge in [-0.15, -0.1) is 0 Å². The van der Waals surface area contributed by atoms with Gasteiger partial charge in [-0.2, -0.15) is 15.1 Å². The number of aliphatic hydroxyl groups is 2. The van der Waals surface area contributed by atoms with Crippen LogP contribution in [0.2, 0.25) is 5.02 Å². The summed E-state index contributed by atoms with van der Waals surface area (Å²) in [5.74, 6) is -1.90. The van der Waals surface area contributed by atoms with Gasteiger partial charge in [0.2, 0.25) is 5.88 Å². The van der Waals surface area contributed by atoms with Crippen LogP contribution in [0.4, 0.5) is 8.78 Å². The van der Waals surface area contributed by atoms with Crippen LogP contribution in [0.3, 0.4) is 0 Å². The molecule has 5 rings (SSSR count). The molecule has 3 N–H and O–H groups in total. The van der Waals surface area contributed by atoms with Crippen molar-refractivity contribution in [3.05, 3.63) is 59.1 Å². The van der Waals surface area contributed by atoms with Crippen molar-refractivity contribution in [2.45, 2.75) is 37.6 Å². The third-order valence-corrected chi connectivity index (χ3v) is 5.81. The first-order chi connectivity index (χ1) is 16.4. The molecule has 0 amide bonds. The molecule has 0 aliphatic heterocycles. The van der Waals surface area contributed by atoms with E-state index in [0.29, 0.717) is 27.7 Å². The van der Waals surface area contributed by atoms with Crippen molar-refractivity contribution < 1.29 is 28.5 Å². The van der Waals surface area contributed by atoms with Gasteiger partial charge in [-0.1, -0.05) is 29.8 Å². The Balaban J connectivity index is 1.60. The van der Waals surface area contributed by atoms with E-state index in [0.717, 1.165) is 12.1 Å². The number of nitrogens with one attached hydrogen (secondary N) is 1. The molecule has 1 saturated carbocycles. The molecule has 1 aliphatic carbocycles. The van der Waals surface area contributed by atoms with Crippen LogP contribution in [-0.4, -0.2) is 48.7 Å². The molecule has 1 fully saturated rings. The molecular weight excluding hydrogens is 470 g/mol. The van der Waals surface area contributed by atoms with Crippen LogP contribution in [0.15, 0.2) is 42.5 Å². The van der Waals surface area contributed by atoms with Crippen LogP contribution < -0.4 is 9.47 Å². The van der Waals surface area contributed by atoms with Gasteiger partial charge in [0.05, 0.1) is 17.2 Å². The Labute approximate surface area is 197 Å². The summed E-state index contributed by atoms with van der Waals surface area (Å²) in [4.78, 5) is 8.57.